The topological polar surface area (TPSA) is 72.5 Å². The van der Waals surface area contributed by atoms with Crippen LogP contribution in [0.25, 0.3) is 0 Å². The van der Waals surface area contributed by atoms with Gasteiger partial charge < -0.3 is 28.1 Å². The van der Waals surface area contributed by atoms with Gasteiger partial charge >= 0.3 is 5.97 Å². The number of esters is 1. The molecule has 1 aromatic rings. The summed E-state index contributed by atoms with van der Waals surface area (Å²) in [4.78, 5) is 12.0. The molecule has 186 valence electrons. The fourth-order valence-corrected chi connectivity index (χ4v) is 4.73. The number of benzene rings is 1. The SMILES string of the molecule is C=CCO[C@@H]1O[C@@H](C)[C@H](O[Si](C)(C)C(C)(C)C)[C@@H](OCc2ccc(OC)cc2)[C@H]1OC(C)=O. The van der Waals surface area contributed by atoms with Crippen LogP contribution in [-0.4, -0.2) is 58.7 Å². The zero-order chi connectivity index (χ0) is 24.8. The van der Waals surface area contributed by atoms with Crippen molar-refractivity contribution in [2.24, 2.45) is 0 Å². The van der Waals surface area contributed by atoms with Gasteiger partial charge in [-0.25, -0.2) is 0 Å². The lowest BCUT2D eigenvalue weighted by atomic mass is 9.99. The van der Waals surface area contributed by atoms with Crippen LogP contribution in [0.15, 0.2) is 36.9 Å². The summed E-state index contributed by atoms with van der Waals surface area (Å²) >= 11 is 0. The lowest BCUT2D eigenvalue weighted by molar-refractivity contribution is -0.300. The molecule has 0 aromatic heterocycles. The monoisotopic (exact) mass is 480 g/mol. The molecule has 8 heteroatoms. The van der Waals surface area contributed by atoms with E-state index >= 15 is 0 Å². The molecule has 0 spiro atoms. The van der Waals surface area contributed by atoms with Crippen molar-refractivity contribution in [3.63, 3.8) is 0 Å². The molecule has 33 heavy (non-hydrogen) atoms. The largest absolute Gasteiger partial charge is 0.497 e. The van der Waals surface area contributed by atoms with Crippen LogP contribution in [0.1, 0.15) is 40.2 Å². The molecule has 1 aliphatic heterocycles. The van der Waals surface area contributed by atoms with Crippen LogP contribution in [0.4, 0.5) is 0 Å². The van der Waals surface area contributed by atoms with Crippen LogP contribution in [0.3, 0.4) is 0 Å². The Balaban J connectivity index is 2.36. The van der Waals surface area contributed by atoms with E-state index in [4.69, 9.17) is 28.1 Å². The van der Waals surface area contributed by atoms with E-state index in [0.29, 0.717) is 6.61 Å². The van der Waals surface area contributed by atoms with Crippen molar-refractivity contribution in [1.82, 2.24) is 0 Å². The van der Waals surface area contributed by atoms with Crippen molar-refractivity contribution in [2.75, 3.05) is 13.7 Å². The van der Waals surface area contributed by atoms with Crippen molar-refractivity contribution in [2.45, 2.75) is 90.1 Å². The number of carbonyl (C=O) groups excluding carboxylic acids is 1. The summed E-state index contributed by atoms with van der Waals surface area (Å²) in [6.45, 7) is 18.5. The maximum absolute atomic E-state index is 12.0. The van der Waals surface area contributed by atoms with E-state index in [9.17, 15) is 4.79 Å². The fourth-order valence-electron chi connectivity index (χ4n) is 3.37. The highest BCUT2D eigenvalue weighted by molar-refractivity contribution is 6.74. The standard InChI is InChI=1S/C25H40O7Si/c1-10-15-28-24-23(31-18(3)26)22(29-16-19-11-13-20(27-7)14-12-19)21(17(2)30-24)32-33(8,9)25(4,5)6/h10-14,17,21-24H,1,15-16H2,2-9H3/t17-,21-,22+,23+,24+/m0/s1. The second kappa shape index (κ2) is 11.6. The minimum Gasteiger partial charge on any atom is -0.497 e. The summed E-state index contributed by atoms with van der Waals surface area (Å²) in [5.41, 5.74) is 0.964. The van der Waals surface area contributed by atoms with Gasteiger partial charge in [-0.05, 0) is 42.8 Å². The molecule has 0 unspecified atom stereocenters. The molecule has 1 fully saturated rings. The molecule has 0 amide bonds. The summed E-state index contributed by atoms with van der Waals surface area (Å²) in [5, 5.41) is -0.0135. The molecule has 5 atom stereocenters. The lowest BCUT2D eigenvalue weighted by Gasteiger charge is -2.48. The maximum atomic E-state index is 12.0. The molecule has 2 rings (SSSR count). The average Bonchev–Trinajstić information content (AvgIpc) is 2.73. The Hall–Kier alpha value is -1.71. The van der Waals surface area contributed by atoms with Gasteiger partial charge in [-0.2, -0.15) is 0 Å². The van der Waals surface area contributed by atoms with Crippen molar-refractivity contribution in [3.05, 3.63) is 42.5 Å². The van der Waals surface area contributed by atoms with Crippen molar-refractivity contribution in [1.29, 1.82) is 0 Å². The molecule has 7 nitrogen and oxygen atoms in total. The van der Waals surface area contributed by atoms with E-state index in [0.717, 1.165) is 11.3 Å². The van der Waals surface area contributed by atoms with E-state index in [2.05, 4.69) is 40.4 Å². The summed E-state index contributed by atoms with van der Waals surface area (Å²) in [6, 6.07) is 7.65. The Kier molecular flexibility index (Phi) is 9.69. The zero-order valence-corrected chi connectivity index (χ0v) is 22.3. The summed E-state index contributed by atoms with van der Waals surface area (Å²) in [6.07, 6.45) is -1.29. The maximum Gasteiger partial charge on any atom is 0.303 e. The molecule has 0 N–H and O–H groups in total. The van der Waals surface area contributed by atoms with Crippen LogP contribution in [-0.2, 0) is 34.8 Å². The molecule has 0 bridgehead atoms. The summed E-state index contributed by atoms with van der Waals surface area (Å²) in [5.74, 6) is 0.336. The third kappa shape index (κ3) is 7.38. The predicted molar refractivity (Wildman–Crippen MR) is 130 cm³/mol. The third-order valence-corrected chi connectivity index (χ3v) is 10.7. The van der Waals surface area contributed by atoms with Gasteiger partial charge in [0.15, 0.2) is 20.7 Å². The van der Waals surface area contributed by atoms with Crippen LogP contribution >= 0.6 is 0 Å². The number of hydrogen-bond acceptors (Lipinski definition) is 7. The first-order chi connectivity index (χ1) is 15.4. The highest BCUT2D eigenvalue weighted by atomic mass is 28.4. The molecule has 1 heterocycles. The Labute approximate surface area is 199 Å². The normalized spacial score (nSPS) is 26.0. The Morgan fingerprint density at radius 2 is 1.76 bits per heavy atom. The first-order valence-electron chi connectivity index (χ1n) is 11.4. The molecule has 0 aliphatic carbocycles. The highest BCUT2D eigenvalue weighted by Gasteiger charge is 2.51. The molecule has 1 aromatic carbocycles. The smallest absolute Gasteiger partial charge is 0.303 e. The number of carbonyl (C=O) groups is 1. The first kappa shape index (κ1) is 27.5. The minimum absolute atomic E-state index is 0.0135. The molecule has 0 radical (unpaired) electrons. The summed E-state index contributed by atoms with van der Waals surface area (Å²) in [7, 11) is -0.558. The predicted octanol–water partition coefficient (Wildman–Crippen LogP) is 4.85. The third-order valence-electron chi connectivity index (χ3n) is 6.25. The van der Waals surface area contributed by atoms with Gasteiger partial charge in [0.1, 0.15) is 18.0 Å². The van der Waals surface area contributed by atoms with Gasteiger partial charge in [-0.1, -0.05) is 39.0 Å². The minimum atomic E-state index is -2.19. The average molecular weight is 481 g/mol. The molecular formula is C25H40O7Si. The van der Waals surface area contributed by atoms with E-state index in [-0.39, 0.29) is 17.7 Å². The van der Waals surface area contributed by atoms with Gasteiger partial charge in [0, 0.05) is 6.92 Å². The van der Waals surface area contributed by atoms with Crippen molar-refractivity contribution in [3.8, 4) is 5.75 Å². The quantitative estimate of drug-likeness (QED) is 0.269. The number of rotatable bonds is 10. The highest BCUT2D eigenvalue weighted by Crippen LogP contribution is 2.40. The summed E-state index contributed by atoms with van der Waals surface area (Å²) < 4.78 is 36.0. The Morgan fingerprint density at radius 1 is 1.12 bits per heavy atom. The number of methoxy groups -OCH3 is 1. The molecule has 1 aliphatic rings. The van der Waals surface area contributed by atoms with Gasteiger partial charge in [0.25, 0.3) is 0 Å². The second-order valence-corrected chi connectivity index (χ2v) is 14.6. The fraction of sp³-hybridized carbons (Fsp3) is 0.640. The van der Waals surface area contributed by atoms with Crippen LogP contribution in [0.2, 0.25) is 18.1 Å². The van der Waals surface area contributed by atoms with E-state index < -0.39 is 38.9 Å². The van der Waals surface area contributed by atoms with Gasteiger partial charge in [-0.15, -0.1) is 6.58 Å². The van der Waals surface area contributed by atoms with Gasteiger partial charge in [0.2, 0.25) is 0 Å². The molecule has 0 saturated carbocycles. The Morgan fingerprint density at radius 3 is 2.27 bits per heavy atom. The van der Waals surface area contributed by atoms with E-state index in [1.54, 1.807) is 13.2 Å². The first-order valence-corrected chi connectivity index (χ1v) is 14.3. The van der Waals surface area contributed by atoms with Crippen LogP contribution in [0, 0.1) is 0 Å². The van der Waals surface area contributed by atoms with E-state index in [1.807, 2.05) is 31.2 Å². The van der Waals surface area contributed by atoms with Gasteiger partial charge in [-0.3, -0.25) is 4.79 Å². The second-order valence-electron chi connectivity index (χ2n) is 9.87. The van der Waals surface area contributed by atoms with Crippen LogP contribution < -0.4 is 4.74 Å². The zero-order valence-electron chi connectivity index (χ0n) is 21.3. The van der Waals surface area contributed by atoms with Crippen LogP contribution in [0.5, 0.6) is 5.75 Å². The number of hydrogen-bond donors (Lipinski definition) is 0. The van der Waals surface area contributed by atoms with Gasteiger partial charge in [0.05, 0.1) is 26.4 Å². The van der Waals surface area contributed by atoms with Crippen molar-refractivity contribution < 1.29 is 32.9 Å². The Bertz CT molecular complexity index is 772. The molecular weight excluding hydrogens is 440 g/mol. The molecule has 1 saturated heterocycles. The van der Waals surface area contributed by atoms with E-state index in [1.165, 1.54) is 6.92 Å². The lowest BCUT2D eigenvalue weighted by Crippen LogP contribution is -2.63. The van der Waals surface area contributed by atoms with Crippen molar-refractivity contribution >= 4 is 14.3 Å². The number of ether oxygens (including phenoxy) is 5.